The Labute approximate surface area is 123 Å². The third-order valence-electron chi connectivity index (χ3n) is 2.71. The van der Waals surface area contributed by atoms with Gasteiger partial charge in [0.2, 0.25) is 0 Å². The van der Waals surface area contributed by atoms with E-state index in [9.17, 15) is 9.90 Å². The summed E-state index contributed by atoms with van der Waals surface area (Å²) in [4.78, 5) is 11.6. The van der Waals surface area contributed by atoms with E-state index in [1.807, 2.05) is 0 Å². The van der Waals surface area contributed by atoms with Crippen LogP contribution in [0.4, 0.5) is 4.79 Å². The van der Waals surface area contributed by atoms with Crippen molar-refractivity contribution in [3.8, 4) is 5.75 Å². The summed E-state index contributed by atoms with van der Waals surface area (Å²) < 4.78 is 10.6. The predicted octanol–water partition coefficient (Wildman–Crippen LogP) is 1.89. The molecule has 0 saturated heterocycles. The molecule has 0 unspecified atom stereocenters. The van der Waals surface area contributed by atoms with Crippen LogP contribution in [0.1, 0.15) is 32.4 Å². The van der Waals surface area contributed by atoms with Crippen LogP contribution < -0.4 is 10.8 Å². The number of nitrogens with one attached hydrogen (secondary N) is 1. The molecule has 1 heterocycles. The zero-order chi connectivity index (χ0) is 14.9. The van der Waals surface area contributed by atoms with Crippen molar-refractivity contribution in [2.75, 3.05) is 6.54 Å². The van der Waals surface area contributed by atoms with Crippen LogP contribution in [0.2, 0.25) is 5.02 Å². The maximum absolute atomic E-state index is 11.6. The van der Waals surface area contributed by atoms with Crippen molar-refractivity contribution < 1.29 is 19.3 Å². The van der Waals surface area contributed by atoms with Gasteiger partial charge in [0.15, 0.2) is 0 Å². The molecule has 0 aliphatic carbocycles. The third kappa shape index (κ3) is 3.38. The maximum Gasteiger partial charge on any atom is 0.407 e. The Balaban J connectivity index is 2.01. The van der Waals surface area contributed by atoms with E-state index in [1.165, 1.54) is 13.5 Å². The molecule has 1 aliphatic rings. The molecule has 0 saturated carbocycles. The van der Waals surface area contributed by atoms with Gasteiger partial charge in [-0.25, -0.2) is 4.79 Å². The average Bonchev–Trinajstić information content (AvgIpc) is 2.74. The van der Waals surface area contributed by atoms with Crippen LogP contribution in [0.5, 0.6) is 5.75 Å². The highest BCUT2D eigenvalue weighted by Gasteiger charge is 2.30. The van der Waals surface area contributed by atoms with E-state index in [0.29, 0.717) is 16.0 Å². The van der Waals surface area contributed by atoms with Gasteiger partial charge in [-0.2, -0.15) is 0 Å². The molecule has 2 rings (SSSR count). The van der Waals surface area contributed by atoms with E-state index in [1.54, 1.807) is 26.8 Å². The topological polar surface area (TPSA) is 67.8 Å². The predicted molar refractivity (Wildman–Crippen MR) is 76.6 cm³/mol. The van der Waals surface area contributed by atoms with Crippen molar-refractivity contribution in [1.82, 2.24) is 5.32 Å². The van der Waals surface area contributed by atoms with E-state index in [-0.39, 0.29) is 12.3 Å². The van der Waals surface area contributed by atoms with Gasteiger partial charge < -0.3 is 19.8 Å². The number of halogens is 1. The number of benzene rings is 1. The molecule has 0 spiro atoms. The van der Waals surface area contributed by atoms with Crippen LogP contribution in [-0.2, 0) is 9.39 Å². The molecule has 1 aromatic carbocycles. The molecule has 5 nitrogen and oxygen atoms in total. The summed E-state index contributed by atoms with van der Waals surface area (Å²) in [6.45, 7) is 5.57. The lowest BCUT2D eigenvalue weighted by molar-refractivity contribution is 0.0504. The zero-order valence-corrected chi connectivity index (χ0v) is 12.3. The zero-order valence-electron chi connectivity index (χ0n) is 11.6. The summed E-state index contributed by atoms with van der Waals surface area (Å²) in [6, 6.07) is 3.10. The largest absolute Gasteiger partial charge is 0.508 e. The molecule has 0 aromatic heterocycles. The fourth-order valence-corrected chi connectivity index (χ4v) is 2.19. The quantitative estimate of drug-likeness (QED) is 0.818. The van der Waals surface area contributed by atoms with Crippen LogP contribution in [0.25, 0.3) is 0 Å². The van der Waals surface area contributed by atoms with Gasteiger partial charge in [-0.3, -0.25) is 0 Å². The minimum atomic E-state index is -0.555. The molecular formula is C13H16BClNO4. The first-order chi connectivity index (χ1) is 9.28. The average molecular weight is 297 g/mol. The number of aromatic hydroxyl groups is 1. The van der Waals surface area contributed by atoms with E-state index in [2.05, 4.69) is 5.32 Å². The van der Waals surface area contributed by atoms with Crippen LogP contribution in [0.3, 0.4) is 0 Å². The molecule has 1 aliphatic heterocycles. The number of ether oxygens (including phenoxy) is 1. The number of hydrogen-bond acceptors (Lipinski definition) is 4. The summed E-state index contributed by atoms with van der Waals surface area (Å²) >= 11 is 6.10. The first-order valence-electron chi connectivity index (χ1n) is 6.25. The van der Waals surface area contributed by atoms with Crippen molar-refractivity contribution in [2.24, 2.45) is 0 Å². The smallest absolute Gasteiger partial charge is 0.407 e. The van der Waals surface area contributed by atoms with Gasteiger partial charge >= 0.3 is 13.6 Å². The highest BCUT2D eigenvalue weighted by atomic mass is 35.5. The number of rotatable bonds is 2. The number of phenols is 1. The van der Waals surface area contributed by atoms with Gasteiger partial charge in [-0.15, -0.1) is 0 Å². The van der Waals surface area contributed by atoms with Crippen molar-refractivity contribution in [3.63, 3.8) is 0 Å². The van der Waals surface area contributed by atoms with Gasteiger partial charge in [0, 0.05) is 11.6 Å². The summed E-state index contributed by atoms with van der Waals surface area (Å²) in [5.41, 5.74) is 0.664. The Morgan fingerprint density at radius 1 is 1.55 bits per heavy atom. The minimum absolute atomic E-state index is 0.101. The second kappa shape index (κ2) is 5.54. The van der Waals surface area contributed by atoms with E-state index >= 15 is 0 Å². The fourth-order valence-electron chi connectivity index (χ4n) is 1.91. The lowest BCUT2D eigenvalue weighted by Gasteiger charge is -2.21. The lowest BCUT2D eigenvalue weighted by atomic mass is 9.85. The Kier molecular flexibility index (Phi) is 4.15. The van der Waals surface area contributed by atoms with E-state index in [4.69, 9.17) is 21.0 Å². The Morgan fingerprint density at radius 3 is 2.90 bits per heavy atom. The first kappa shape index (κ1) is 15.0. The SMILES string of the molecule is CC(C)(C)OC(=O)NC[C@H]1O[B]c2c(O)ccc(Cl)c21. The molecule has 0 bridgehead atoms. The first-order valence-corrected chi connectivity index (χ1v) is 6.62. The summed E-state index contributed by atoms with van der Waals surface area (Å²) in [5.74, 6) is 0.101. The van der Waals surface area contributed by atoms with Crippen LogP contribution in [0.15, 0.2) is 12.1 Å². The van der Waals surface area contributed by atoms with Crippen molar-refractivity contribution in [1.29, 1.82) is 0 Å². The normalized spacial score (nSPS) is 17.3. The molecule has 7 heteroatoms. The number of alkyl carbamates (subject to hydrolysis) is 1. The van der Waals surface area contributed by atoms with Crippen LogP contribution in [0, 0.1) is 0 Å². The summed E-state index contributed by atoms with van der Waals surface area (Å²) in [6.07, 6.45) is -0.956. The maximum atomic E-state index is 11.6. The molecule has 1 aromatic rings. The Hall–Kier alpha value is -1.40. The third-order valence-corrected chi connectivity index (χ3v) is 3.04. The number of phenolic OH excluding ortho intramolecular Hbond substituents is 1. The molecule has 2 N–H and O–H groups in total. The van der Waals surface area contributed by atoms with E-state index in [0.717, 1.165) is 0 Å². The van der Waals surface area contributed by atoms with Gasteiger partial charge in [0.25, 0.3) is 0 Å². The van der Waals surface area contributed by atoms with Gasteiger partial charge in [0.05, 0.1) is 6.10 Å². The van der Waals surface area contributed by atoms with Gasteiger partial charge in [-0.05, 0) is 43.9 Å². The van der Waals surface area contributed by atoms with Crippen molar-refractivity contribution >= 4 is 30.6 Å². The van der Waals surface area contributed by atoms with E-state index < -0.39 is 17.8 Å². The standard InChI is InChI=1S/C13H16BClNO4/c1-13(2,3)19-12(18)16-6-9-10-7(15)4-5-8(17)11(10)14-20-9/h4-5,9,17H,6H2,1-3H3,(H,16,18)/t9-/m1/s1. The molecule has 1 radical (unpaired) electrons. The van der Waals surface area contributed by atoms with Crippen LogP contribution >= 0.6 is 11.6 Å². The molecule has 1 atom stereocenters. The molecule has 1 amide bonds. The second-order valence-corrected chi connectivity index (χ2v) is 5.93. The van der Waals surface area contributed by atoms with Gasteiger partial charge in [0.1, 0.15) is 11.4 Å². The highest BCUT2D eigenvalue weighted by Crippen LogP contribution is 2.30. The fraction of sp³-hybridized carbons (Fsp3) is 0.462. The molecule has 20 heavy (non-hydrogen) atoms. The van der Waals surface area contributed by atoms with Crippen molar-refractivity contribution in [3.05, 3.63) is 22.7 Å². The Morgan fingerprint density at radius 2 is 2.25 bits per heavy atom. The monoisotopic (exact) mass is 296 g/mol. The number of hydrogen-bond donors (Lipinski definition) is 2. The lowest BCUT2D eigenvalue weighted by Crippen LogP contribution is -2.34. The molecule has 0 fully saturated rings. The van der Waals surface area contributed by atoms with Crippen molar-refractivity contribution in [2.45, 2.75) is 32.5 Å². The molecular weight excluding hydrogens is 280 g/mol. The number of carbonyl (C=O) groups excluding carboxylic acids is 1. The highest BCUT2D eigenvalue weighted by molar-refractivity contribution is 6.51. The number of amides is 1. The number of carbonyl (C=O) groups is 1. The number of fused-ring (bicyclic) bond motifs is 1. The summed E-state index contributed by atoms with van der Waals surface area (Å²) in [5, 5.41) is 12.8. The second-order valence-electron chi connectivity index (χ2n) is 5.52. The molecule has 107 valence electrons. The van der Waals surface area contributed by atoms with Gasteiger partial charge in [-0.1, -0.05) is 11.6 Å². The minimum Gasteiger partial charge on any atom is -0.508 e. The summed E-state index contributed by atoms with van der Waals surface area (Å²) in [7, 11) is 1.44. The van der Waals surface area contributed by atoms with Crippen LogP contribution in [-0.4, -0.2) is 30.8 Å². The Bertz CT molecular complexity index is 530.